The molecule has 0 aliphatic rings. The number of hydrogen-bond donors (Lipinski definition) is 1. The van der Waals surface area contributed by atoms with Crippen LogP contribution in [-0.2, 0) is 13.6 Å². The van der Waals surface area contributed by atoms with Gasteiger partial charge in [0.25, 0.3) is 0 Å². The number of nitrogens with zero attached hydrogens (tertiary/aromatic N) is 3. The Morgan fingerprint density at radius 1 is 1.53 bits per heavy atom. The maximum absolute atomic E-state index is 5.98. The van der Waals surface area contributed by atoms with Gasteiger partial charge in [-0.2, -0.15) is 5.10 Å². The van der Waals surface area contributed by atoms with Crippen LogP contribution < -0.4 is 5.73 Å². The van der Waals surface area contributed by atoms with Crippen molar-refractivity contribution in [1.29, 1.82) is 0 Å². The van der Waals surface area contributed by atoms with Crippen molar-refractivity contribution in [3.63, 3.8) is 0 Å². The first-order chi connectivity index (χ1) is 9.15. The number of hydrogen-bond acceptors (Lipinski definition) is 4. The SMILES string of the molecule is CCN(Cc1ccco1)C(CN)c1cn(C)nc1C. The van der Waals surface area contributed by atoms with Gasteiger partial charge in [0, 0.05) is 25.4 Å². The molecule has 0 aliphatic carbocycles. The van der Waals surface area contributed by atoms with Crippen LogP contribution in [0.5, 0.6) is 0 Å². The third-order valence-corrected chi connectivity index (χ3v) is 3.42. The minimum absolute atomic E-state index is 0.170. The molecule has 0 spiro atoms. The van der Waals surface area contributed by atoms with Gasteiger partial charge in [0.15, 0.2) is 0 Å². The molecule has 0 fully saturated rings. The zero-order valence-electron chi connectivity index (χ0n) is 11.8. The number of nitrogens with two attached hydrogens (primary N) is 1. The van der Waals surface area contributed by atoms with Crippen molar-refractivity contribution in [3.8, 4) is 0 Å². The summed E-state index contributed by atoms with van der Waals surface area (Å²) in [5.74, 6) is 0.960. The molecule has 0 saturated carbocycles. The third kappa shape index (κ3) is 3.05. The summed E-state index contributed by atoms with van der Waals surface area (Å²) < 4.78 is 7.27. The minimum Gasteiger partial charge on any atom is -0.468 e. The van der Waals surface area contributed by atoms with Gasteiger partial charge in [-0.1, -0.05) is 6.92 Å². The van der Waals surface area contributed by atoms with Crippen molar-refractivity contribution in [2.24, 2.45) is 12.8 Å². The highest BCUT2D eigenvalue weighted by Gasteiger charge is 2.22. The molecule has 0 radical (unpaired) electrons. The summed E-state index contributed by atoms with van der Waals surface area (Å²) in [6, 6.07) is 4.08. The largest absolute Gasteiger partial charge is 0.468 e. The average molecular weight is 262 g/mol. The van der Waals surface area contributed by atoms with E-state index >= 15 is 0 Å². The Morgan fingerprint density at radius 3 is 2.79 bits per heavy atom. The molecule has 19 heavy (non-hydrogen) atoms. The predicted octanol–water partition coefficient (Wildman–Crippen LogP) is 1.84. The summed E-state index contributed by atoms with van der Waals surface area (Å²) in [7, 11) is 1.94. The lowest BCUT2D eigenvalue weighted by molar-refractivity contribution is 0.187. The van der Waals surface area contributed by atoms with E-state index in [1.807, 2.05) is 30.8 Å². The van der Waals surface area contributed by atoms with E-state index < -0.39 is 0 Å². The second-order valence-corrected chi connectivity index (χ2v) is 4.74. The van der Waals surface area contributed by atoms with Crippen LogP contribution >= 0.6 is 0 Å². The van der Waals surface area contributed by atoms with Crippen molar-refractivity contribution >= 4 is 0 Å². The smallest absolute Gasteiger partial charge is 0.117 e. The van der Waals surface area contributed by atoms with Gasteiger partial charge in [-0.25, -0.2) is 0 Å². The Bertz CT molecular complexity index is 504. The Kier molecular flexibility index (Phi) is 4.39. The van der Waals surface area contributed by atoms with Crippen LogP contribution in [-0.4, -0.2) is 27.8 Å². The fourth-order valence-corrected chi connectivity index (χ4v) is 2.46. The van der Waals surface area contributed by atoms with Gasteiger partial charge in [-0.15, -0.1) is 0 Å². The second kappa shape index (κ2) is 6.04. The zero-order valence-corrected chi connectivity index (χ0v) is 11.8. The Balaban J connectivity index is 2.21. The third-order valence-electron chi connectivity index (χ3n) is 3.42. The average Bonchev–Trinajstić information content (AvgIpc) is 2.99. The number of likely N-dealkylation sites (N-methyl/N-ethyl adjacent to an activating group) is 1. The van der Waals surface area contributed by atoms with Crippen LogP contribution in [0.15, 0.2) is 29.0 Å². The van der Waals surface area contributed by atoms with Gasteiger partial charge in [0.05, 0.1) is 24.5 Å². The molecule has 0 amide bonds. The van der Waals surface area contributed by atoms with E-state index in [1.54, 1.807) is 6.26 Å². The lowest BCUT2D eigenvalue weighted by atomic mass is 10.1. The van der Waals surface area contributed by atoms with E-state index in [9.17, 15) is 0 Å². The molecular weight excluding hydrogens is 240 g/mol. The van der Waals surface area contributed by atoms with Crippen LogP contribution in [0.1, 0.15) is 30.0 Å². The van der Waals surface area contributed by atoms with E-state index in [1.165, 1.54) is 5.56 Å². The van der Waals surface area contributed by atoms with Crippen molar-refractivity contribution in [1.82, 2.24) is 14.7 Å². The Hall–Kier alpha value is -1.59. The molecule has 0 aliphatic heterocycles. The highest BCUT2D eigenvalue weighted by atomic mass is 16.3. The summed E-state index contributed by atoms with van der Waals surface area (Å²) in [6.45, 7) is 6.41. The minimum atomic E-state index is 0.170. The molecule has 0 aromatic carbocycles. The Labute approximate surface area is 114 Å². The summed E-state index contributed by atoms with van der Waals surface area (Å²) in [6.07, 6.45) is 3.76. The molecule has 2 rings (SSSR count). The molecular formula is C14H22N4O. The normalized spacial score (nSPS) is 13.1. The van der Waals surface area contributed by atoms with Crippen molar-refractivity contribution in [3.05, 3.63) is 41.6 Å². The quantitative estimate of drug-likeness (QED) is 0.863. The van der Waals surface area contributed by atoms with E-state index in [4.69, 9.17) is 10.2 Å². The fourth-order valence-electron chi connectivity index (χ4n) is 2.46. The molecule has 1 atom stereocenters. The van der Waals surface area contributed by atoms with Gasteiger partial charge < -0.3 is 10.2 Å². The van der Waals surface area contributed by atoms with Crippen LogP contribution in [0.25, 0.3) is 0 Å². The van der Waals surface area contributed by atoms with Crippen LogP contribution in [0.2, 0.25) is 0 Å². The molecule has 2 heterocycles. The van der Waals surface area contributed by atoms with Crippen molar-refractivity contribution in [2.45, 2.75) is 26.4 Å². The zero-order chi connectivity index (χ0) is 13.8. The summed E-state index contributed by atoms with van der Waals surface area (Å²) in [5.41, 5.74) is 8.21. The van der Waals surface area contributed by atoms with Gasteiger partial charge in [-0.3, -0.25) is 9.58 Å². The maximum atomic E-state index is 5.98. The summed E-state index contributed by atoms with van der Waals surface area (Å²) in [4.78, 5) is 2.31. The monoisotopic (exact) mass is 262 g/mol. The number of furan rings is 1. The number of rotatable bonds is 6. The molecule has 2 aromatic rings. The molecule has 104 valence electrons. The van der Waals surface area contributed by atoms with Crippen LogP contribution in [0.3, 0.4) is 0 Å². The maximum Gasteiger partial charge on any atom is 0.117 e. The molecule has 2 N–H and O–H groups in total. The van der Waals surface area contributed by atoms with E-state index in [-0.39, 0.29) is 6.04 Å². The first-order valence-electron chi connectivity index (χ1n) is 6.62. The molecule has 0 bridgehead atoms. The highest BCUT2D eigenvalue weighted by Crippen LogP contribution is 2.24. The highest BCUT2D eigenvalue weighted by molar-refractivity contribution is 5.21. The van der Waals surface area contributed by atoms with Crippen LogP contribution in [0.4, 0.5) is 0 Å². The molecule has 2 aromatic heterocycles. The van der Waals surface area contributed by atoms with Gasteiger partial charge >= 0.3 is 0 Å². The van der Waals surface area contributed by atoms with E-state index in [0.29, 0.717) is 6.54 Å². The van der Waals surface area contributed by atoms with E-state index in [2.05, 4.69) is 23.1 Å². The lowest BCUT2D eigenvalue weighted by Crippen LogP contribution is -2.33. The Morgan fingerprint density at radius 2 is 2.32 bits per heavy atom. The van der Waals surface area contributed by atoms with Crippen molar-refractivity contribution in [2.75, 3.05) is 13.1 Å². The molecule has 5 nitrogen and oxygen atoms in total. The van der Waals surface area contributed by atoms with Crippen LogP contribution in [0, 0.1) is 6.92 Å². The first-order valence-corrected chi connectivity index (χ1v) is 6.62. The fraction of sp³-hybridized carbons (Fsp3) is 0.500. The standard InChI is InChI=1S/C14H22N4O/c1-4-18(9-12-6-5-7-19-12)14(8-15)13-10-17(3)16-11(13)2/h5-7,10,14H,4,8-9,15H2,1-3H3. The van der Waals surface area contributed by atoms with E-state index in [0.717, 1.165) is 24.5 Å². The summed E-state index contributed by atoms with van der Waals surface area (Å²) >= 11 is 0. The van der Waals surface area contributed by atoms with Gasteiger partial charge in [0.1, 0.15) is 5.76 Å². The summed E-state index contributed by atoms with van der Waals surface area (Å²) in [5, 5.41) is 4.40. The topological polar surface area (TPSA) is 60.2 Å². The second-order valence-electron chi connectivity index (χ2n) is 4.74. The number of aryl methyl sites for hydroxylation is 2. The van der Waals surface area contributed by atoms with Crippen molar-refractivity contribution < 1.29 is 4.42 Å². The molecule has 1 unspecified atom stereocenters. The van der Waals surface area contributed by atoms with Gasteiger partial charge in [-0.05, 0) is 25.6 Å². The number of aromatic nitrogens is 2. The molecule has 0 saturated heterocycles. The molecule has 5 heteroatoms. The predicted molar refractivity (Wildman–Crippen MR) is 74.5 cm³/mol. The van der Waals surface area contributed by atoms with Gasteiger partial charge in [0.2, 0.25) is 0 Å². The first kappa shape index (κ1) is 13.8. The lowest BCUT2D eigenvalue weighted by Gasteiger charge is -2.28.